The number of fused-ring (bicyclic) bond motifs is 5. The first-order valence-electron chi connectivity index (χ1n) is 7.08. The van der Waals surface area contributed by atoms with Crippen molar-refractivity contribution in [3.8, 4) is 0 Å². The van der Waals surface area contributed by atoms with Gasteiger partial charge in [-0.1, -0.05) is 18.2 Å². The van der Waals surface area contributed by atoms with E-state index in [-0.39, 0.29) is 0 Å². The van der Waals surface area contributed by atoms with Gasteiger partial charge >= 0.3 is 6.09 Å². The Morgan fingerprint density at radius 1 is 1.38 bits per heavy atom. The number of nitrogens with one attached hydrogen (secondary N) is 1. The number of anilines is 1. The summed E-state index contributed by atoms with van der Waals surface area (Å²) in [5, 5.41) is 15.0. The normalized spacial score (nSPS) is 14.1. The standard InChI is InChI=1S/C16H15N3O2/c1-9-14-13(11-6-4-8-17-15(11)18-9)10-5-2-3-7-12(10)19(14)16(20)21/h2-3,5,7H,4,6,8H2,1H3,(H,17,18)(H,20,21). The SMILES string of the molecule is Cc1nc2c(c3c4ccccc4n(C(=O)O)c13)CCCN2. The number of aromatic nitrogens is 2. The van der Waals surface area contributed by atoms with Crippen molar-refractivity contribution in [2.24, 2.45) is 0 Å². The van der Waals surface area contributed by atoms with Gasteiger partial charge in [0.1, 0.15) is 5.82 Å². The van der Waals surface area contributed by atoms with E-state index in [0.717, 1.165) is 52.8 Å². The minimum absolute atomic E-state index is 0.714. The van der Waals surface area contributed by atoms with Gasteiger partial charge in [-0.05, 0) is 25.8 Å². The van der Waals surface area contributed by atoms with Crippen molar-refractivity contribution in [2.75, 3.05) is 11.9 Å². The van der Waals surface area contributed by atoms with E-state index in [2.05, 4.69) is 10.3 Å². The number of hydrogen-bond donors (Lipinski definition) is 2. The summed E-state index contributed by atoms with van der Waals surface area (Å²) in [7, 11) is 0. The second-order valence-corrected chi connectivity index (χ2v) is 5.41. The van der Waals surface area contributed by atoms with Gasteiger partial charge in [-0.2, -0.15) is 0 Å². The fourth-order valence-corrected chi connectivity index (χ4v) is 3.35. The zero-order valence-electron chi connectivity index (χ0n) is 11.7. The van der Waals surface area contributed by atoms with Gasteiger partial charge in [-0.3, -0.25) is 0 Å². The van der Waals surface area contributed by atoms with Crippen LogP contribution in [0.5, 0.6) is 0 Å². The highest BCUT2D eigenvalue weighted by Crippen LogP contribution is 2.37. The smallest absolute Gasteiger partial charge is 0.416 e. The Labute approximate surface area is 121 Å². The lowest BCUT2D eigenvalue weighted by Gasteiger charge is -2.19. The van der Waals surface area contributed by atoms with Crippen molar-refractivity contribution in [1.82, 2.24) is 9.55 Å². The Bertz CT molecular complexity index is 896. The van der Waals surface area contributed by atoms with E-state index < -0.39 is 6.09 Å². The molecule has 3 heterocycles. The van der Waals surface area contributed by atoms with Crippen molar-refractivity contribution >= 4 is 33.7 Å². The van der Waals surface area contributed by atoms with Gasteiger partial charge in [0.15, 0.2) is 0 Å². The number of pyridine rings is 1. The van der Waals surface area contributed by atoms with Crippen molar-refractivity contribution in [3.63, 3.8) is 0 Å². The van der Waals surface area contributed by atoms with Crippen LogP contribution in [-0.4, -0.2) is 27.3 Å². The number of para-hydroxylation sites is 1. The zero-order valence-corrected chi connectivity index (χ0v) is 11.7. The molecule has 4 rings (SSSR count). The molecule has 0 saturated heterocycles. The summed E-state index contributed by atoms with van der Waals surface area (Å²) in [6, 6.07) is 7.66. The molecule has 106 valence electrons. The summed E-state index contributed by atoms with van der Waals surface area (Å²) >= 11 is 0. The van der Waals surface area contributed by atoms with E-state index in [9.17, 15) is 9.90 Å². The molecule has 0 amide bonds. The van der Waals surface area contributed by atoms with Crippen molar-refractivity contribution in [3.05, 3.63) is 35.5 Å². The molecule has 0 unspecified atom stereocenters. The van der Waals surface area contributed by atoms with Crippen LogP contribution in [0, 0.1) is 6.92 Å². The van der Waals surface area contributed by atoms with Crippen LogP contribution >= 0.6 is 0 Å². The first-order chi connectivity index (χ1) is 10.2. The molecule has 0 radical (unpaired) electrons. The molecule has 0 bridgehead atoms. The molecule has 0 fully saturated rings. The number of benzene rings is 1. The summed E-state index contributed by atoms with van der Waals surface area (Å²) in [6.07, 6.45) is 1.01. The highest BCUT2D eigenvalue weighted by Gasteiger charge is 2.23. The van der Waals surface area contributed by atoms with E-state index in [0.29, 0.717) is 5.52 Å². The topological polar surface area (TPSA) is 67.2 Å². The number of carbonyl (C=O) groups is 1. The maximum absolute atomic E-state index is 11.7. The molecule has 2 N–H and O–H groups in total. The van der Waals surface area contributed by atoms with E-state index in [4.69, 9.17) is 0 Å². The van der Waals surface area contributed by atoms with E-state index in [1.54, 1.807) is 0 Å². The third-order valence-corrected chi connectivity index (χ3v) is 4.17. The van der Waals surface area contributed by atoms with Gasteiger partial charge < -0.3 is 10.4 Å². The number of hydrogen-bond acceptors (Lipinski definition) is 3. The minimum Gasteiger partial charge on any atom is -0.464 e. The third-order valence-electron chi connectivity index (χ3n) is 4.17. The minimum atomic E-state index is -0.963. The Kier molecular flexibility index (Phi) is 2.45. The summed E-state index contributed by atoms with van der Waals surface area (Å²) in [5.74, 6) is 0.902. The molecule has 0 spiro atoms. The Morgan fingerprint density at radius 3 is 3.00 bits per heavy atom. The quantitative estimate of drug-likeness (QED) is 0.663. The molecular weight excluding hydrogens is 266 g/mol. The molecule has 5 heteroatoms. The molecular formula is C16H15N3O2. The van der Waals surface area contributed by atoms with Crippen LogP contribution in [0.2, 0.25) is 0 Å². The molecule has 0 aliphatic carbocycles. The molecule has 5 nitrogen and oxygen atoms in total. The second kappa shape index (κ2) is 4.22. The van der Waals surface area contributed by atoms with Gasteiger partial charge in [0, 0.05) is 22.9 Å². The molecule has 3 aromatic rings. The fourth-order valence-electron chi connectivity index (χ4n) is 3.35. The monoisotopic (exact) mass is 281 g/mol. The van der Waals surface area contributed by atoms with Crippen LogP contribution < -0.4 is 5.32 Å². The average Bonchev–Trinajstić information content (AvgIpc) is 2.83. The Morgan fingerprint density at radius 2 is 2.19 bits per heavy atom. The summed E-state index contributed by atoms with van der Waals surface area (Å²) in [5.41, 5.74) is 3.32. The molecule has 0 saturated carbocycles. The summed E-state index contributed by atoms with van der Waals surface area (Å²) < 4.78 is 1.36. The maximum Gasteiger partial charge on any atom is 0.416 e. The van der Waals surface area contributed by atoms with E-state index in [1.165, 1.54) is 4.57 Å². The third kappa shape index (κ3) is 1.57. The number of nitrogens with zero attached hydrogens (tertiary/aromatic N) is 2. The van der Waals surface area contributed by atoms with Crippen LogP contribution in [0.1, 0.15) is 17.7 Å². The second-order valence-electron chi connectivity index (χ2n) is 5.41. The summed E-state index contributed by atoms with van der Waals surface area (Å²) in [6.45, 7) is 2.79. The van der Waals surface area contributed by atoms with Crippen LogP contribution in [0.25, 0.3) is 21.8 Å². The maximum atomic E-state index is 11.7. The van der Waals surface area contributed by atoms with Crippen LogP contribution in [0.4, 0.5) is 10.6 Å². The van der Waals surface area contributed by atoms with Gasteiger partial charge in [0.2, 0.25) is 0 Å². The lowest BCUT2D eigenvalue weighted by atomic mass is 10.00. The first kappa shape index (κ1) is 12.2. The Balaban J connectivity index is 2.29. The predicted octanol–water partition coefficient (Wildman–Crippen LogP) is 3.38. The number of aryl methyl sites for hydroxylation is 2. The number of rotatable bonds is 0. The highest BCUT2D eigenvalue weighted by molar-refractivity contribution is 6.15. The summed E-state index contributed by atoms with van der Waals surface area (Å²) in [4.78, 5) is 16.3. The zero-order chi connectivity index (χ0) is 14.6. The lowest BCUT2D eigenvalue weighted by Crippen LogP contribution is -2.15. The molecule has 1 aliphatic heterocycles. The van der Waals surface area contributed by atoms with Crippen molar-refractivity contribution in [1.29, 1.82) is 0 Å². The lowest BCUT2D eigenvalue weighted by molar-refractivity contribution is 0.198. The first-order valence-corrected chi connectivity index (χ1v) is 7.08. The number of carboxylic acid groups (broad SMARTS) is 1. The van der Waals surface area contributed by atoms with Gasteiger partial charge in [-0.15, -0.1) is 0 Å². The van der Waals surface area contributed by atoms with Crippen molar-refractivity contribution in [2.45, 2.75) is 19.8 Å². The van der Waals surface area contributed by atoms with Crippen LogP contribution in [-0.2, 0) is 6.42 Å². The predicted molar refractivity (Wildman–Crippen MR) is 82.2 cm³/mol. The molecule has 0 atom stereocenters. The Hall–Kier alpha value is -2.56. The largest absolute Gasteiger partial charge is 0.464 e. The van der Waals surface area contributed by atoms with Gasteiger partial charge in [0.25, 0.3) is 0 Å². The van der Waals surface area contributed by atoms with Crippen LogP contribution in [0.15, 0.2) is 24.3 Å². The molecule has 1 aromatic carbocycles. The molecule has 21 heavy (non-hydrogen) atoms. The highest BCUT2D eigenvalue weighted by atomic mass is 16.4. The molecule has 1 aliphatic rings. The van der Waals surface area contributed by atoms with E-state index >= 15 is 0 Å². The van der Waals surface area contributed by atoms with Gasteiger partial charge in [-0.25, -0.2) is 14.3 Å². The average molecular weight is 281 g/mol. The fraction of sp³-hybridized carbons (Fsp3) is 0.250. The van der Waals surface area contributed by atoms with Gasteiger partial charge in [0.05, 0.1) is 16.7 Å². The van der Waals surface area contributed by atoms with Crippen molar-refractivity contribution < 1.29 is 9.90 Å². The molecule has 2 aromatic heterocycles. The van der Waals surface area contributed by atoms with Crippen LogP contribution in [0.3, 0.4) is 0 Å². The van der Waals surface area contributed by atoms with E-state index in [1.807, 2.05) is 31.2 Å².